The summed E-state index contributed by atoms with van der Waals surface area (Å²) < 4.78 is 1.17. The zero-order valence-electron chi connectivity index (χ0n) is 12.7. The molecule has 0 aliphatic carbocycles. The maximum atomic E-state index is 3.49. The minimum absolute atomic E-state index is 0.918. The van der Waals surface area contributed by atoms with Crippen molar-refractivity contribution >= 4 is 27.3 Å². The molecule has 1 heterocycles. The van der Waals surface area contributed by atoms with Gasteiger partial charge in [-0.2, -0.15) is 0 Å². The number of benzene rings is 1. The first-order valence-corrected chi connectivity index (χ1v) is 9.12. The molecule has 114 valence electrons. The zero-order valence-corrected chi connectivity index (χ0v) is 15.1. The number of nitrogens with zero attached hydrogens (tertiary/aromatic N) is 1. The van der Waals surface area contributed by atoms with Crippen molar-refractivity contribution < 1.29 is 0 Å². The molecule has 4 heteroatoms. The van der Waals surface area contributed by atoms with Gasteiger partial charge in [-0.3, -0.25) is 4.90 Å². The van der Waals surface area contributed by atoms with Gasteiger partial charge >= 0.3 is 0 Å². The summed E-state index contributed by atoms with van der Waals surface area (Å²) in [6, 6.07) is 11.1. The number of hydrogen-bond donors (Lipinski definition) is 1. The Balaban J connectivity index is 1.79. The molecule has 0 spiro atoms. The average molecular weight is 367 g/mol. The van der Waals surface area contributed by atoms with Crippen molar-refractivity contribution in [3.63, 3.8) is 0 Å². The van der Waals surface area contributed by atoms with E-state index in [2.05, 4.69) is 75.7 Å². The van der Waals surface area contributed by atoms with Gasteiger partial charge in [0.2, 0.25) is 0 Å². The van der Waals surface area contributed by atoms with Crippen LogP contribution in [-0.4, -0.2) is 18.0 Å². The Morgan fingerprint density at radius 2 is 1.71 bits per heavy atom. The molecule has 2 rings (SSSR count). The van der Waals surface area contributed by atoms with E-state index in [1.165, 1.54) is 20.5 Å². The molecule has 0 unspecified atom stereocenters. The molecule has 21 heavy (non-hydrogen) atoms. The number of rotatable bonds is 8. The van der Waals surface area contributed by atoms with Crippen LogP contribution in [0, 0.1) is 0 Å². The Hall–Kier alpha value is -0.680. The van der Waals surface area contributed by atoms with Crippen molar-refractivity contribution in [3.05, 3.63) is 56.2 Å². The van der Waals surface area contributed by atoms with Gasteiger partial charge in [0.1, 0.15) is 0 Å². The predicted molar refractivity (Wildman–Crippen MR) is 95.6 cm³/mol. The van der Waals surface area contributed by atoms with Crippen LogP contribution in [-0.2, 0) is 19.6 Å². The van der Waals surface area contributed by atoms with Crippen LogP contribution in [0.1, 0.15) is 29.9 Å². The maximum absolute atomic E-state index is 3.49. The monoisotopic (exact) mass is 366 g/mol. The van der Waals surface area contributed by atoms with Crippen molar-refractivity contribution in [2.24, 2.45) is 0 Å². The van der Waals surface area contributed by atoms with Gasteiger partial charge in [-0.05, 0) is 46.2 Å². The van der Waals surface area contributed by atoms with Crippen LogP contribution in [0.3, 0.4) is 0 Å². The Kier molecular flexibility index (Phi) is 6.90. The van der Waals surface area contributed by atoms with Gasteiger partial charge in [0, 0.05) is 34.4 Å². The third kappa shape index (κ3) is 5.55. The standard InChI is InChI=1S/C17H23BrN2S/c1-3-20(4-2)12-15-7-5-14(6-8-15)10-19-11-17-9-16(18)13-21-17/h5-9,13,19H,3-4,10-12H2,1-2H3. The number of thiophene rings is 1. The van der Waals surface area contributed by atoms with Gasteiger partial charge in [-0.15, -0.1) is 11.3 Å². The van der Waals surface area contributed by atoms with Crippen molar-refractivity contribution in [1.82, 2.24) is 10.2 Å². The second-order valence-electron chi connectivity index (χ2n) is 5.11. The van der Waals surface area contributed by atoms with E-state index < -0.39 is 0 Å². The highest BCUT2D eigenvalue weighted by Gasteiger charge is 2.01. The maximum Gasteiger partial charge on any atom is 0.0303 e. The lowest BCUT2D eigenvalue weighted by Gasteiger charge is -2.18. The fourth-order valence-electron chi connectivity index (χ4n) is 2.24. The third-order valence-electron chi connectivity index (χ3n) is 3.57. The molecule has 0 aliphatic rings. The van der Waals surface area contributed by atoms with Crippen LogP contribution < -0.4 is 5.32 Å². The molecule has 1 N–H and O–H groups in total. The van der Waals surface area contributed by atoms with Gasteiger partial charge in [0.15, 0.2) is 0 Å². The van der Waals surface area contributed by atoms with Crippen LogP contribution in [0.15, 0.2) is 40.2 Å². The van der Waals surface area contributed by atoms with E-state index in [1.54, 1.807) is 11.3 Å². The van der Waals surface area contributed by atoms with Crippen LogP contribution in [0.2, 0.25) is 0 Å². The Labute approximate surface area is 140 Å². The average Bonchev–Trinajstić information content (AvgIpc) is 2.92. The lowest BCUT2D eigenvalue weighted by molar-refractivity contribution is 0.296. The normalized spacial score (nSPS) is 11.2. The molecule has 0 fully saturated rings. The number of hydrogen-bond acceptors (Lipinski definition) is 3. The zero-order chi connectivity index (χ0) is 15.1. The number of nitrogens with one attached hydrogen (secondary N) is 1. The summed E-state index contributed by atoms with van der Waals surface area (Å²) in [5.41, 5.74) is 2.73. The van der Waals surface area contributed by atoms with Crippen molar-refractivity contribution in [3.8, 4) is 0 Å². The highest BCUT2D eigenvalue weighted by molar-refractivity contribution is 9.10. The molecule has 2 nitrogen and oxygen atoms in total. The fourth-order valence-corrected chi connectivity index (χ4v) is 3.67. The van der Waals surface area contributed by atoms with E-state index in [-0.39, 0.29) is 0 Å². The Bertz CT molecular complexity index is 532. The van der Waals surface area contributed by atoms with Gasteiger partial charge in [-0.25, -0.2) is 0 Å². The Morgan fingerprint density at radius 3 is 2.29 bits per heavy atom. The summed E-state index contributed by atoms with van der Waals surface area (Å²) in [6.45, 7) is 9.53. The van der Waals surface area contributed by atoms with Gasteiger partial charge in [-0.1, -0.05) is 38.1 Å². The van der Waals surface area contributed by atoms with Gasteiger partial charge in [0.25, 0.3) is 0 Å². The fraction of sp³-hybridized carbons (Fsp3) is 0.412. The van der Waals surface area contributed by atoms with Crippen molar-refractivity contribution in [2.45, 2.75) is 33.5 Å². The first-order chi connectivity index (χ1) is 10.2. The molecule has 2 aromatic rings. The van der Waals surface area contributed by atoms with Crippen LogP contribution in [0.5, 0.6) is 0 Å². The number of halogens is 1. The van der Waals surface area contributed by atoms with E-state index in [9.17, 15) is 0 Å². The highest BCUT2D eigenvalue weighted by atomic mass is 79.9. The summed E-state index contributed by atoms with van der Waals surface area (Å²) in [7, 11) is 0. The molecule has 0 saturated carbocycles. The topological polar surface area (TPSA) is 15.3 Å². The van der Waals surface area contributed by atoms with Crippen LogP contribution >= 0.6 is 27.3 Å². The van der Waals surface area contributed by atoms with Crippen LogP contribution in [0.4, 0.5) is 0 Å². The SMILES string of the molecule is CCN(CC)Cc1ccc(CNCc2cc(Br)cs2)cc1. The third-order valence-corrected chi connectivity index (χ3v) is 5.27. The molecule has 0 aliphatic heterocycles. The van der Waals surface area contributed by atoms with E-state index in [4.69, 9.17) is 0 Å². The summed E-state index contributed by atoms with van der Waals surface area (Å²) in [4.78, 5) is 3.79. The first-order valence-electron chi connectivity index (χ1n) is 7.45. The first kappa shape index (κ1) is 16.7. The summed E-state index contributed by atoms with van der Waals surface area (Å²) >= 11 is 5.27. The Morgan fingerprint density at radius 1 is 1.05 bits per heavy atom. The van der Waals surface area contributed by atoms with E-state index in [0.29, 0.717) is 0 Å². The molecule has 0 bridgehead atoms. The molecular formula is C17H23BrN2S. The lowest BCUT2D eigenvalue weighted by atomic mass is 10.1. The van der Waals surface area contributed by atoms with E-state index in [1.807, 2.05) is 0 Å². The molecule has 0 atom stereocenters. The van der Waals surface area contributed by atoms with E-state index in [0.717, 1.165) is 32.7 Å². The predicted octanol–water partition coefficient (Wildman–Crippen LogP) is 4.64. The largest absolute Gasteiger partial charge is 0.308 e. The summed E-state index contributed by atoms with van der Waals surface area (Å²) in [6.07, 6.45) is 0. The molecule has 1 aromatic carbocycles. The molecule has 0 radical (unpaired) electrons. The minimum Gasteiger partial charge on any atom is -0.308 e. The molecule has 0 saturated heterocycles. The summed E-state index contributed by atoms with van der Waals surface area (Å²) in [5, 5.41) is 5.62. The van der Waals surface area contributed by atoms with Gasteiger partial charge < -0.3 is 5.32 Å². The van der Waals surface area contributed by atoms with Crippen LogP contribution in [0.25, 0.3) is 0 Å². The molecular weight excluding hydrogens is 344 g/mol. The molecule has 0 amide bonds. The van der Waals surface area contributed by atoms with Crippen molar-refractivity contribution in [2.75, 3.05) is 13.1 Å². The smallest absolute Gasteiger partial charge is 0.0303 e. The second kappa shape index (κ2) is 8.69. The second-order valence-corrected chi connectivity index (χ2v) is 7.02. The summed E-state index contributed by atoms with van der Waals surface area (Å²) in [5.74, 6) is 0. The molecule has 1 aromatic heterocycles. The lowest BCUT2D eigenvalue weighted by Crippen LogP contribution is -2.22. The van der Waals surface area contributed by atoms with E-state index >= 15 is 0 Å². The quantitative estimate of drug-likeness (QED) is 0.731. The van der Waals surface area contributed by atoms with Gasteiger partial charge in [0.05, 0.1) is 0 Å². The minimum atomic E-state index is 0.918. The highest BCUT2D eigenvalue weighted by Crippen LogP contribution is 2.19. The van der Waals surface area contributed by atoms with Crippen molar-refractivity contribution in [1.29, 1.82) is 0 Å².